The summed E-state index contributed by atoms with van der Waals surface area (Å²) in [7, 11) is 0. The number of ether oxygens (including phenoxy) is 1. The molecule has 1 aromatic carbocycles. The van der Waals surface area contributed by atoms with E-state index in [4.69, 9.17) is 14.9 Å². The lowest BCUT2D eigenvalue weighted by Gasteiger charge is -2.17. The van der Waals surface area contributed by atoms with Gasteiger partial charge in [0.15, 0.2) is 0 Å². The monoisotopic (exact) mass is 257 g/mol. The Hall–Kier alpha value is -1.74. The Bertz CT molecular complexity index is 613. The quantitative estimate of drug-likeness (QED) is 0.898. The SMILES string of the molecule is Cc1ccc(C(N)c2ccc3c(c2)C(C)(C)CO3)o1. The maximum atomic E-state index is 6.28. The summed E-state index contributed by atoms with van der Waals surface area (Å²) in [5.74, 6) is 2.65. The van der Waals surface area contributed by atoms with Crippen molar-refractivity contribution in [1.82, 2.24) is 0 Å². The van der Waals surface area contributed by atoms with E-state index in [0.29, 0.717) is 0 Å². The van der Waals surface area contributed by atoms with Crippen LogP contribution in [0.15, 0.2) is 34.7 Å². The van der Waals surface area contributed by atoms with Crippen LogP contribution in [0.3, 0.4) is 0 Å². The molecular formula is C16H19NO2. The van der Waals surface area contributed by atoms with Gasteiger partial charge in [-0.1, -0.05) is 19.9 Å². The molecule has 3 rings (SSSR count). The molecule has 1 aliphatic heterocycles. The molecule has 2 aromatic rings. The Balaban J connectivity index is 1.99. The second-order valence-corrected chi connectivity index (χ2v) is 5.85. The van der Waals surface area contributed by atoms with E-state index in [0.717, 1.165) is 29.4 Å². The second-order valence-electron chi connectivity index (χ2n) is 5.85. The van der Waals surface area contributed by atoms with Gasteiger partial charge in [0.1, 0.15) is 17.3 Å². The Morgan fingerprint density at radius 2 is 2.00 bits per heavy atom. The van der Waals surface area contributed by atoms with Crippen LogP contribution in [0.5, 0.6) is 5.75 Å². The minimum Gasteiger partial charge on any atom is -0.492 e. The number of benzene rings is 1. The third-order valence-corrected chi connectivity index (χ3v) is 3.75. The van der Waals surface area contributed by atoms with Crippen LogP contribution < -0.4 is 10.5 Å². The fraction of sp³-hybridized carbons (Fsp3) is 0.375. The van der Waals surface area contributed by atoms with Gasteiger partial charge in [-0.15, -0.1) is 0 Å². The molecule has 3 nitrogen and oxygen atoms in total. The number of rotatable bonds is 2. The van der Waals surface area contributed by atoms with Crippen molar-refractivity contribution in [3.63, 3.8) is 0 Å². The van der Waals surface area contributed by atoms with Crippen LogP contribution in [0.2, 0.25) is 0 Å². The zero-order chi connectivity index (χ0) is 13.6. The molecule has 1 atom stereocenters. The summed E-state index contributed by atoms with van der Waals surface area (Å²) < 4.78 is 11.3. The maximum Gasteiger partial charge on any atom is 0.125 e. The van der Waals surface area contributed by atoms with Gasteiger partial charge in [-0.25, -0.2) is 0 Å². The normalized spacial score (nSPS) is 17.9. The fourth-order valence-electron chi connectivity index (χ4n) is 2.52. The first kappa shape index (κ1) is 12.3. The number of fused-ring (bicyclic) bond motifs is 1. The molecule has 3 heteroatoms. The predicted molar refractivity (Wildman–Crippen MR) is 74.4 cm³/mol. The third kappa shape index (κ3) is 2.04. The van der Waals surface area contributed by atoms with Crippen molar-refractivity contribution in [3.8, 4) is 5.75 Å². The average molecular weight is 257 g/mol. The van der Waals surface area contributed by atoms with E-state index < -0.39 is 0 Å². The molecule has 1 aliphatic rings. The molecule has 19 heavy (non-hydrogen) atoms. The molecule has 2 heterocycles. The van der Waals surface area contributed by atoms with Gasteiger partial charge in [0.05, 0.1) is 12.6 Å². The number of hydrogen-bond donors (Lipinski definition) is 1. The highest BCUT2D eigenvalue weighted by Gasteiger charge is 2.32. The molecule has 100 valence electrons. The van der Waals surface area contributed by atoms with Crippen LogP contribution >= 0.6 is 0 Å². The van der Waals surface area contributed by atoms with Crippen molar-refractivity contribution in [1.29, 1.82) is 0 Å². The molecule has 0 aliphatic carbocycles. The van der Waals surface area contributed by atoms with Crippen molar-refractivity contribution in [2.75, 3.05) is 6.61 Å². The van der Waals surface area contributed by atoms with Crippen molar-refractivity contribution in [2.45, 2.75) is 32.2 Å². The Labute approximate surface area is 113 Å². The van der Waals surface area contributed by atoms with Gasteiger partial charge in [-0.05, 0) is 36.8 Å². The van der Waals surface area contributed by atoms with E-state index >= 15 is 0 Å². The summed E-state index contributed by atoms with van der Waals surface area (Å²) in [5, 5.41) is 0. The average Bonchev–Trinajstić information content (AvgIpc) is 2.93. The molecule has 0 fully saturated rings. The standard InChI is InChI=1S/C16H19NO2/c1-10-4-6-14(19-10)15(17)11-5-7-13-12(8-11)16(2,3)9-18-13/h4-8,15H,9,17H2,1-3H3. The van der Waals surface area contributed by atoms with Crippen molar-refractivity contribution in [3.05, 3.63) is 53.0 Å². The van der Waals surface area contributed by atoms with E-state index in [1.54, 1.807) is 0 Å². The fourth-order valence-corrected chi connectivity index (χ4v) is 2.52. The summed E-state index contributed by atoms with van der Waals surface area (Å²) in [6.45, 7) is 7.02. The second kappa shape index (κ2) is 4.14. The lowest BCUT2D eigenvalue weighted by molar-refractivity contribution is 0.291. The minimum absolute atomic E-state index is 0.0458. The van der Waals surface area contributed by atoms with Gasteiger partial charge < -0.3 is 14.9 Å². The van der Waals surface area contributed by atoms with Crippen molar-refractivity contribution < 1.29 is 9.15 Å². The molecule has 0 radical (unpaired) electrons. The molecule has 0 saturated heterocycles. The number of furan rings is 1. The molecule has 2 N–H and O–H groups in total. The molecular weight excluding hydrogens is 238 g/mol. The Morgan fingerprint density at radius 3 is 2.68 bits per heavy atom. The highest BCUT2D eigenvalue weighted by Crippen LogP contribution is 2.40. The topological polar surface area (TPSA) is 48.4 Å². The molecule has 0 amide bonds. The van der Waals surface area contributed by atoms with Gasteiger partial charge in [-0.2, -0.15) is 0 Å². The van der Waals surface area contributed by atoms with Gasteiger partial charge in [0.2, 0.25) is 0 Å². The smallest absolute Gasteiger partial charge is 0.125 e. The van der Waals surface area contributed by atoms with E-state index in [-0.39, 0.29) is 11.5 Å². The van der Waals surface area contributed by atoms with Crippen LogP contribution in [0.1, 0.15) is 42.5 Å². The van der Waals surface area contributed by atoms with Crippen LogP contribution in [0.4, 0.5) is 0 Å². The molecule has 0 bridgehead atoms. The lowest BCUT2D eigenvalue weighted by atomic mass is 9.85. The molecule has 0 saturated carbocycles. The molecule has 1 aromatic heterocycles. The zero-order valence-electron chi connectivity index (χ0n) is 11.6. The first-order chi connectivity index (χ1) is 8.97. The third-order valence-electron chi connectivity index (χ3n) is 3.75. The van der Waals surface area contributed by atoms with Crippen molar-refractivity contribution >= 4 is 0 Å². The largest absolute Gasteiger partial charge is 0.492 e. The van der Waals surface area contributed by atoms with E-state index in [2.05, 4.69) is 19.9 Å². The van der Waals surface area contributed by atoms with Crippen LogP contribution in [-0.2, 0) is 5.41 Å². The Kier molecular flexibility index (Phi) is 2.68. The van der Waals surface area contributed by atoms with Crippen molar-refractivity contribution in [2.24, 2.45) is 5.73 Å². The first-order valence-electron chi connectivity index (χ1n) is 6.56. The summed E-state index contributed by atoms with van der Waals surface area (Å²) >= 11 is 0. The Morgan fingerprint density at radius 1 is 1.21 bits per heavy atom. The number of aryl methyl sites for hydroxylation is 1. The summed E-state index contributed by atoms with van der Waals surface area (Å²) in [5.41, 5.74) is 8.61. The predicted octanol–water partition coefficient (Wildman–Crippen LogP) is 3.31. The zero-order valence-corrected chi connectivity index (χ0v) is 11.6. The van der Waals surface area contributed by atoms with Gasteiger partial charge >= 0.3 is 0 Å². The number of hydrogen-bond acceptors (Lipinski definition) is 3. The molecule has 1 unspecified atom stereocenters. The summed E-state index contributed by atoms with van der Waals surface area (Å²) in [6.07, 6.45) is 0. The van der Waals surface area contributed by atoms with Crippen LogP contribution in [-0.4, -0.2) is 6.61 Å². The highest BCUT2D eigenvalue weighted by atomic mass is 16.5. The summed E-state index contributed by atoms with van der Waals surface area (Å²) in [4.78, 5) is 0. The first-order valence-corrected chi connectivity index (χ1v) is 6.56. The lowest BCUT2D eigenvalue weighted by Crippen LogP contribution is -2.19. The van der Waals surface area contributed by atoms with Gasteiger partial charge in [0.25, 0.3) is 0 Å². The van der Waals surface area contributed by atoms with Crippen LogP contribution in [0.25, 0.3) is 0 Å². The maximum absolute atomic E-state index is 6.28. The van der Waals surface area contributed by atoms with E-state index in [1.807, 2.05) is 31.2 Å². The van der Waals surface area contributed by atoms with E-state index in [1.165, 1.54) is 5.56 Å². The molecule has 0 spiro atoms. The minimum atomic E-state index is -0.226. The van der Waals surface area contributed by atoms with E-state index in [9.17, 15) is 0 Å². The van der Waals surface area contributed by atoms with Gasteiger partial charge in [0, 0.05) is 11.0 Å². The van der Waals surface area contributed by atoms with Crippen LogP contribution in [0, 0.1) is 6.92 Å². The summed E-state index contributed by atoms with van der Waals surface area (Å²) in [6, 6.07) is 9.82. The highest BCUT2D eigenvalue weighted by molar-refractivity contribution is 5.46. The van der Waals surface area contributed by atoms with Gasteiger partial charge in [-0.3, -0.25) is 0 Å². The number of nitrogens with two attached hydrogens (primary N) is 1.